The smallest absolute Gasteiger partial charge is 0.342 e. The van der Waals surface area contributed by atoms with Gasteiger partial charge in [0.2, 0.25) is 15.9 Å². The average Bonchev–Trinajstić information content (AvgIpc) is 3.10. The van der Waals surface area contributed by atoms with E-state index in [4.69, 9.17) is 0 Å². The molecule has 0 N–H and O–H groups in total. The van der Waals surface area contributed by atoms with E-state index in [1.54, 1.807) is 11.0 Å². The van der Waals surface area contributed by atoms with Gasteiger partial charge in [-0.25, -0.2) is 16.8 Å². The summed E-state index contributed by atoms with van der Waals surface area (Å²) in [4.78, 5) is 19.9. The highest BCUT2D eigenvalue weighted by atomic mass is 32.2. The van der Waals surface area contributed by atoms with Crippen molar-refractivity contribution in [2.75, 3.05) is 39.3 Å². The fourth-order valence-electron chi connectivity index (χ4n) is 4.70. The van der Waals surface area contributed by atoms with Crippen LogP contribution in [0.4, 0.5) is 13.2 Å². The molecular weight excluding hydrogens is 569 g/mol. The summed E-state index contributed by atoms with van der Waals surface area (Å²) in [5.41, 5.74) is -4.61. The number of nitrogens with zero attached hydrogens (tertiary/aromatic N) is 4. The second kappa shape index (κ2) is 13.4. The molecule has 0 aliphatic carbocycles. The van der Waals surface area contributed by atoms with Crippen molar-refractivity contribution in [3.05, 3.63) is 54.4 Å². The number of halogens is 3. The summed E-state index contributed by atoms with van der Waals surface area (Å²) in [6, 6.07) is 7.85. The Kier molecular flexibility index (Phi) is 10.7. The minimum absolute atomic E-state index is 0.0566. The lowest BCUT2D eigenvalue weighted by Crippen LogP contribution is -2.40. The second-order valence-corrected chi connectivity index (χ2v) is 13.6. The molecule has 1 unspecified atom stereocenters. The number of pyridine rings is 1. The lowest BCUT2D eigenvalue weighted by molar-refractivity contribution is -0.130. The summed E-state index contributed by atoms with van der Waals surface area (Å²) in [7, 11) is -9.17. The van der Waals surface area contributed by atoms with Crippen molar-refractivity contribution in [1.82, 2.24) is 19.1 Å². The minimum atomic E-state index is -5.37. The fraction of sp³-hybridized carbons (Fsp3) is 0.538. The molecule has 14 heteroatoms. The van der Waals surface area contributed by atoms with Crippen LogP contribution in [0.2, 0.25) is 0 Å². The van der Waals surface area contributed by atoms with Crippen LogP contribution < -0.4 is 0 Å². The van der Waals surface area contributed by atoms with Crippen LogP contribution in [0.25, 0.3) is 0 Å². The number of unbranched alkanes of at least 4 members (excludes halogenated alkanes) is 1. The van der Waals surface area contributed by atoms with Gasteiger partial charge in [0.05, 0.1) is 11.4 Å². The number of carbonyl (C=O) groups is 1. The summed E-state index contributed by atoms with van der Waals surface area (Å²) in [5, 5.41) is 0. The van der Waals surface area contributed by atoms with Crippen LogP contribution in [0, 0.1) is 0 Å². The highest BCUT2D eigenvalue weighted by molar-refractivity contribution is 7.92. The normalized spacial score (nSPS) is 16.8. The molecule has 9 nitrogen and oxygen atoms in total. The van der Waals surface area contributed by atoms with E-state index >= 15 is 0 Å². The number of amides is 1. The van der Waals surface area contributed by atoms with E-state index in [1.807, 2.05) is 13.8 Å². The van der Waals surface area contributed by atoms with Crippen molar-refractivity contribution < 1.29 is 34.8 Å². The summed E-state index contributed by atoms with van der Waals surface area (Å²) in [6.07, 6.45) is 5.35. The average molecular weight is 605 g/mol. The molecule has 1 amide bonds. The number of likely N-dealkylation sites (N-methyl/N-ethyl adjacent to an activating group) is 1. The number of hydrogen-bond acceptors (Lipinski definition) is 7. The summed E-state index contributed by atoms with van der Waals surface area (Å²) < 4.78 is 88.5. The molecule has 3 rings (SSSR count). The van der Waals surface area contributed by atoms with E-state index in [2.05, 4.69) is 9.88 Å². The first-order valence-electron chi connectivity index (χ1n) is 13.1. The zero-order valence-corrected chi connectivity index (χ0v) is 24.2. The zero-order valence-electron chi connectivity index (χ0n) is 22.5. The van der Waals surface area contributed by atoms with Crippen molar-refractivity contribution in [1.29, 1.82) is 0 Å². The van der Waals surface area contributed by atoms with Crippen LogP contribution in [-0.2, 0) is 31.1 Å². The van der Waals surface area contributed by atoms with E-state index in [-0.39, 0.29) is 29.9 Å². The predicted octanol–water partition coefficient (Wildman–Crippen LogP) is 3.33. The van der Waals surface area contributed by atoms with Crippen LogP contribution in [-0.4, -0.2) is 92.7 Å². The molecule has 1 aliphatic rings. The molecule has 0 bridgehead atoms. The molecule has 0 radical (unpaired) electrons. The van der Waals surface area contributed by atoms with Crippen molar-refractivity contribution in [2.24, 2.45) is 0 Å². The number of carbonyl (C=O) groups excluding carboxylic acids is 1. The van der Waals surface area contributed by atoms with Crippen molar-refractivity contribution in [2.45, 2.75) is 60.9 Å². The van der Waals surface area contributed by atoms with E-state index in [0.29, 0.717) is 25.9 Å². The van der Waals surface area contributed by atoms with E-state index < -0.39 is 30.3 Å². The molecule has 1 saturated heterocycles. The quantitative estimate of drug-likeness (QED) is 0.342. The predicted molar refractivity (Wildman–Crippen MR) is 144 cm³/mol. The Morgan fingerprint density at radius 2 is 1.73 bits per heavy atom. The molecule has 0 spiro atoms. The number of aromatic nitrogens is 1. The Hall–Kier alpha value is -2.55. The largest absolute Gasteiger partial charge is 0.501 e. The maximum absolute atomic E-state index is 12.9. The number of rotatable bonds is 12. The first-order chi connectivity index (χ1) is 18.8. The van der Waals surface area contributed by atoms with Gasteiger partial charge in [-0.3, -0.25) is 9.78 Å². The SMILES string of the molecule is CCN(CCCCN1CCCN(S(=O)(=O)c2cccnc2)CC1=O)C(C)Cc1ccc(S(=O)(=O)C(F)(F)F)cc1. The van der Waals surface area contributed by atoms with Gasteiger partial charge in [0.25, 0.3) is 9.84 Å². The van der Waals surface area contributed by atoms with Crippen LogP contribution in [0.5, 0.6) is 0 Å². The zero-order chi connectivity index (χ0) is 29.6. The van der Waals surface area contributed by atoms with E-state index in [0.717, 1.165) is 43.6 Å². The highest BCUT2D eigenvalue weighted by Crippen LogP contribution is 2.30. The van der Waals surface area contributed by atoms with Crippen LogP contribution in [0.15, 0.2) is 58.6 Å². The fourth-order valence-corrected chi connectivity index (χ4v) is 6.85. The van der Waals surface area contributed by atoms with Crippen LogP contribution in [0.1, 0.15) is 38.7 Å². The van der Waals surface area contributed by atoms with Gasteiger partial charge in [0, 0.05) is 38.1 Å². The van der Waals surface area contributed by atoms with E-state index in [1.165, 1.54) is 34.9 Å². The number of hydrogen-bond donors (Lipinski definition) is 0. The van der Waals surface area contributed by atoms with Gasteiger partial charge in [-0.15, -0.1) is 0 Å². The standard InChI is InChI=1S/C26H35F3N4O5S2/c1-3-31(21(2)18-22-9-11-23(12-10-22)39(35,36)26(27,28)29)14-4-5-15-32-16-7-17-33(20-25(32)34)40(37,38)24-8-6-13-30-19-24/h6,8-13,19,21H,3-5,7,14-18,20H2,1-2H3. The molecule has 2 heterocycles. The monoisotopic (exact) mass is 604 g/mol. The van der Waals surface area contributed by atoms with Crippen molar-refractivity contribution >= 4 is 25.8 Å². The molecule has 1 fully saturated rings. The molecule has 1 aromatic carbocycles. The highest BCUT2D eigenvalue weighted by Gasteiger charge is 2.46. The molecule has 1 aromatic heterocycles. The Morgan fingerprint density at radius 3 is 2.33 bits per heavy atom. The van der Waals surface area contributed by atoms with Crippen molar-refractivity contribution in [3.63, 3.8) is 0 Å². The number of benzene rings is 1. The summed E-state index contributed by atoms with van der Waals surface area (Å²) in [6.45, 7) is 6.52. The molecule has 222 valence electrons. The van der Waals surface area contributed by atoms with Gasteiger partial charge in [-0.1, -0.05) is 19.1 Å². The maximum Gasteiger partial charge on any atom is 0.501 e. The third-order valence-corrected chi connectivity index (χ3v) is 10.3. The van der Waals surface area contributed by atoms with Gasteiger partial charge in [-0.05, 0) is 75.5 Å². The molecular formula is C26H35F3N4O5S2. The molecule has 1 aliphatic heterocycles. The Labute approximate surface area is 234 Å². The Balaban J connectivity index is 1.48. The lowest BCUT2D eigenvalue weighted by atomic mass is 10.1. The van der Waals surface area contributed by atoms with Crippen LogP contribution >= 0.6 is 0 Å². The maximum atomic E-state index is 12.9. The Morgan fingerprint density at radius 1 is 1.02 bits per heavy atom. The third kappa shape index (κ3) is 7.80. The molecule has 0 saturated carbocycles. The molecule has 40 heavy (non-hydrogen) atoms. The topological polar surface area (TPSA) is 108 Å². The molecule has 1 atom stereocenters. The first-order valence-corrected chi connectivity index (χ1v) is 16.0. The lowest BCUT2D eigenvalue weighted by Gasteiger charge is -2.28. The summed E-state index contributed by atoms with van der Waals surface area (Å²) >= 11 is 0. The van der Waals surface area contributed by atoms with Gasteiger partial charge in [-0.2, -0.15) is 17.5 Å². The first kappa shape index (κ1) is 32.0. The van der Waals surface area contributed by atoms with Gasteiger partial charge in [0.1, 0.15) is 4.90 Å². The van der Waals surface area contributed by atoms with E-state index in [9.17, 15) is 34.8 Å². The second-order valence-electron chi connectivity index (χ2n) is 9.74. The van der Waals surface area contributed by atoms with Gasteiger partial charge >= 0.3 is 5.51 Å². The Bertz CT molecular complexity index is 1340. The number of sulfonamides is 1. The number of sulfone groups is 1. The molecule has 2 aromatic rings. The van der Waals surface area contributed by atoms with Gasteiger partial charge in [0.15, 0.2) is 0 Å². The third-order valence-electron chi connectivity index (χ3n) is 6.99. The summed E-state index contributed by atoms with van der Waals surface area (Å²) in [5.74, 6) is -0.235. The minimum Gasteiger partial charge on any atom is -0.342 e. The van der Waals surface area contributed by atoms with Crippen molar-refractivity contribution in [3.8, 4) is 0 Å². The number of alkyl halides is 3. The van der Waals surface area contributed by atoms with Crippen LogP contribution in [0.3, 0.4) is 0 Å². The van der Waals surface area contributed by atoms with Gasteiger partial charge < -0.3 is 9.80 Å².